The van der Waals surface area contributed by atoms with E-state index in [0.29, 0.717) is 24.0 Å². The minimum atomic E-state index is -3.33. The molecule has 3 rings (SSSR count). The average molecular weight is 347 g/mol. The van der Waals surface area contributed by atoms with Gasteiger partial charge in [0.05, 0.1) is 4.90 Å². The maximum atomic E-state index is 12.7. The summed E-state index contributed by atoms with van der Waals surface area (Å²) >= 11 is 3.38. The van der Waals surface area contributed by atoms with Crippen molar-refractivity contribution in [3.63, 3.8) is 0 Å². The fraction of sp³-hybridized carbons (Fsp3) is 0.714. The lowest BCUT2D eigenvalue weighted by molar-refractivity contribution is 0.387. The molecule has 7 heteroatoms. The van der Waals surface area contributed by atoms with Crippen molar-refractivity contribution in [2.75, 3.05) is 18.8 Å². The highest BCUT2D eigenvalue weighted by Crippen LogP contribution is 2.33. The van der Waals surface area contributed by atoms with Gasteiger partial charge in [0.1, 0.15) is 0 Å². The van der Waals surface area contributed by atoms with Gasteiger partial charge in [-0.15, -0.1) is 11.3 Å². The van der Waals surface area contributed by atoms with Gasteiger partial charge in [-0.05, 0) is 32.8 Å². The van der Waals surface area contributed by atoms with E-state index in [1.165, 1.54) is 24.2 Å². The first kappa shape index (κ1) is 15.8. The van der Waals surface area contributed by atoms with Crippen LogP contribution in [0.4, 0.5) is 0 Å². The number of nitrogens with zero attached hydrogens (tertiary/aromatic N) is 1. The first-order valence-corrected chi connectivity index (χ1v) is 10.6. The number of rotatable bonds is 5. The molecular formula is C14H22N2O2S3. The van der Waals surface area contributed by atoms with E-state index in [9.17, 15) is 8.42 Å². The van der Waals surface area contributed by atoms with Gasteiger partial charge in [-0.1, -0.05) is 0 Å². The minimum absolute atomic E-state index is 0.00228. The zero-order valence-corrected chi connectivity index (χ0v) is 14.9. The molecule has 1 saturated carbocycles. The third-order valence-electron chi connectivity index (χ3n) is 3.80. The molecule has 118 valence electrons. The molecule has 1 N–H and O–H groups in total. The van der Waals surface area contributed by atoms with E-state index in [1.807, 2.05) is 17.8 Å². The molecule has 2 heterocycles. The molecule has 4 nitrogen and oxygen atoms in total. The lowest BCUT2D eigenvalue weighted by atomic mass is 10.2. The molecule has 0 atom stereocenters. The van der Waals surface area contributed by atoms with Gasteiger partial charge in [0, 0.05) is 46.4 Å². The smallest absolute Gasteiger partial charge is 0.243 e. The Morgan fingerprint density at radius 3 is 2.86 bits per heavy atom. The fourth-order valence-corrected chi connectivity index (χ4v) is 6.57. The van der Waals surface area contributed by atoms with Gasteiger partial charge in [0.25, 0.3) is 0 Å². The second-order valence-electron chi connectivity index (χ2n) is 6.35. The summed E-state index contributed by atoms with van der Waals surface area (Å²) in [5.74, 6) is 0.868. The first-order chi connectivity index (χ1) is 9.87. The molecule has 0 bridgehead atoms. The van der Waals surface area contributed by atoms with E-state index in [4.69, 9.17) is 0 Å². The van der Waals surface area contributed by atoms with Gasteiger partial charge < -0.3 is 5.32 Å². The molecule has 1 aliphatic heterocycles. The molecule has 1 aromatic heterocycles. The van der Waals surface area contributed by atoms with Crippen molar-refractivity contribution in [2.24, 2.45) is 0 Å². The van der Waals surface area contributed by atoms with Crippen molar-refractivity contribution in [1.82, 2.24) is 9.62 Å². The summed E-state index contributed by atoms with van der Waals surface area (Å²) < 4.78 is 27.1. The molecule has 0 unspecified atom stereocenters. The Balaban J connectivity index is 1.71. The maximum absolute atomic E-state index is 12.7. The van der Waals surface area contributed by atoms with Gasteiger partial charge in [-0.2, -0.15) is 16.1 Å². The zero-order valence-electron chi connectivity index (χ0n) is 12.5. The number of sulfonamides is 1. The van der Waals surface area contributed by atoms with E-state index in [1.54, 1.807) is 9.69 Å². The van der Waals surface area contributed by atoms with Gasteiger partial charge in [-0.3, -0.25) is 0 Å². The van der Waals surface area contributed by atoms with Gasteiger partial charge in [0.15, 0.2) is 0 Å². The Labute approximate surface area is 135 Å². The normalized spacial score (nSPS) is 23.3. The van der Waals surface area contributed by atoms with Crippen LogP contribution < -0.4 is 5.32 Å². The fourth-order valence-electron chi connectivity index (χ4n) is 2.45. The highest BCUT2D eigenvalue weighted by Gasteiger charge is 2.35. The molecule has 2 fully saturated rings. The second kappa shape index (κ2) is 5.85. The van der Waals surface area contributed by atoms with Gasteiger partial charge in [0.2, 0.25) is 10.0 Å². The van der Waals surface area contributed by atoms with Crippen LogP contribution in [0.2, 0.25) is 0 Å². The molecule has 0 radical (unpaired) electrons. The standard InChI is InChI=1S/C14H22N2O2S3/c1-14(2)10-16(5-6-20-14)21(17,18)13-7-12(19-9-13)8-15-11-3-4-11/h7,9,11,15H,3-6,8,10H2,1-2H3. The Morgan fingerprint density at radius 1 is 1.43 bits per heavy atom. The third kappa shape index (κ3) is 3.82. The van der Waals surface area contributed by atoms with Gasteiger partial charge >= 0.3 is 0 Å². The maximum Gasteiger partial charge on any atom is 0.243 e. The van der Waals surface area contributed by atoms with E-state index in [-0.39, 0.29) is 4.75 Å². The molecule has 2 aliphatic rings. The largest absolute Gasteiger partial charge is 0.309 e. The van der Waals surface area contributed by atoms with E-state index >= 15 is 0 Å². The van der Waals surface area contributed by atoms with E-state index < -0.39 is 10.0 Å². The monoisotopic (exact) mass is 346 g/mol. The molecular weight excluding hydrogens is 324 g/mol. The van der Waals surface area contributed by atoms with E-state index in [0.717, 1.165) is 17.2 Å². The molecule has 0 spiro atoms. The molecule has 0 aromatic carbocycles. The van der Waals surface area contributed by atoms with Crippen molar-refractivity contribution in [3.05, 3.63) is 16.3 Å². The van der Waals surface area contributed by atoms with Crippen LogP contribution in [0, 0.1) is 0 Å². The second-order valence-corrected chi connectivity index (χ2v) is 11.1. The van der Waals surface area contributed by atoms with Crippen molar-refractivity contribution < 1.29 is 8.42 Å². The summed E-state index contributed by atoms with van der Waals surface area (Å²) in [5.41, 5.74) is 0. The van der Waals surface area contributed by atoms with Crippen LogP contribution in [0.3, 0.4) is 0 Å². The highest BCUT2D eigenvalue weighted by atomic mass is 32.2. The average Bonchev–Trinajstić information content (AvgIpc) is 3.11. The third-order valence-corrected chi connectivity index (χ3v) is 8.01. The number of thioether (sulfide) groups is 1. The molecule has 1 aliphatic carbocycles. The summed E-state index contributed by atoms with van der Waals surface area (Å²) in [6.45, 7) is 6.20. The van der Waals surface area contributed by atoms with Crippen LogP contribution in [0.15, 0.2) is 16.3 Å². The zero-order chi connectivity index (χ0) is 15.1. The topological polar surface area (TPSA) is 49.4 Å². The van der Waals surface area contributed by atoms with Crippen LogP contribution in [0.1, 0.15) is 31.6 Å². The first-order valence-electron chi connectivity index (χ1n) is 7.32. The summed E-state index contributed by atoms with van der Waals surface area (Å²) in [7, 11) is -3.33. The Morgan fingerprint density at radius 2 is 2.19 bits per heavy atom. The lowest BCUT2D eigenvalue weighted by Gasteiger charge is -2.36. The van der Waals surface area contributed by atoms with Crippen LogP contribution in [-0.4, -0.2) is 42.4 Å². The van der Waals surface area contributed by atoms with E-state index in [2.05, 4.69) is 19.2 Å². The number of nitrogens with one attached hydrogen (secondary N) is 1. The van der Waals surface area contributed by atoms with Crippen LogP contribution in [0.25, 0.3) is 0 Å². The number of hydrogen-bond donors (Lipinski definition) is 1. The highest BCUT2D eigenvalue weighted by molar-refractivity contribution is 8.00. The summed E-state index contributed by atoms with van der Waals surface area (Å²) in [5, 5.41) is 5.21. The Bertz CT molecular complexity index is 605. The molecule has 1 saturated heterocycles. The summed E-state index contributed by atoms with van der Waals surface area (Å²) in [4.78, 5) is 1.56. The van der Waals surface area contributed by atoms with Crippen LogP contribution in [0.5, 0.6) is 0 Å². The van der Waals surface area contributed by atoms with Crippen molar-refractivity contribution >= 4 is 33.1 Å². The quantitative estimate of drug-likeness (QED) is 0.890. The Hall–Kier alpha value is -0.0800. The van der Waals surface area contributed by atoms with Crippen LogP contribution >= 0.6 is 23.1 Å². The van der Waals surface area contributed by atoms with Crippen molar-refractivity contribution in [2.45, 2.75) is 48.9 Å². The number of thiophene rings is 1. The Kier molecular flexibility index (Phi) is 4.40. The van der Waals surface area contributed by atoms with Crippen molar-refractivity contribution in [1.29, 1.82) is 0 Å². The SMILES string of the molecule is CC1(C)CN(S(=O)(=O)c2csc(CNC3CC3)c2)CCS1. The predicted octanol–water partition coefficient (Wildman–Crippen LogP) is 2.52. The van der Waals surface area contributed by atoms with Crippen molar-refractivity contribution in [3.8, 4) is 0 Å². The van der Waals surface area contributed by atoms with Gasteiger partial charge in [-0.25, -0.2) is 8.42 Å². The summed E-state index contributed by atoms with van der Waals surface area (Å²) in [6.07, 6.45) is 2.49. The van der Waals surface area contributed by atoms with Crippen LogP contribution in [-0.2, 0) is 16.6 Å². The summed E-state index contributed by atoms with van der Waals surface area (Å²) in [6, 6.07) is 2.48. The predicted molar refractivity (Wildman–Crippen MR) is 89.5 cm³/mol. The molecule has 0 amide bonds. The lowest BCUT2D eigenvalue weighted by Crippen LogP contribution is -2.45. The molecule has 1 aromatic rings. The minimum Gasteiger partial charge on any atom is -0.309 e. The number of hydrogen-bond acceptors (Lipinski definition) is 5. The molecule has 21 heavy (non-hydrogen) atoms.